The number of nitrogens with zero attached hydrogens (tertiary/aromatic N) is 1. The Morgan fingerprint density at radius 1 is 1.26 bits per heavy atom. The van der Waals surface area contributed by atoms with E-state index in [4.69, 9.17) is 4.74 Å². The second-order valence-electron chi connectivity index (χ2n) is 6.67. The molecule has 0 saturated heterocycles. The van der Waals surface area contributed by atoms with Crippen LogP contribution in [0.25, 0.3) is 0 Å². The zero-order chi connectivity index (χ0) is 20.0. The highest BCUT2D eigenvalue weighted by molar-refractivity contribution is 7.92. The van der Waals surface area contributed by atoms with E-state index in [2.05, 4.69) is 10.0 Å². The Kier molecular flexibility index (Phi) is 7.00. The van der Waals surface area contributed by atoms with Crippen molar-refractivity contribution in [3.63, 3.8) is 0 Å². The van der Waals surface area contributed by atoms with Crippen LogP contribution >= 0.6 is 0 Å². The molecule has 10 heteroatoms. The third-order valence-electron chi connectivity index (χ3n) is 4.19. The minimum Gasteiger partial charge on any atom is -0.488 e. The molecule has 1 aromatic rings. The van der Waals surface area contributed by atoms with Gasteiger partial charge in [0.05, 0.1) is 29.0 Å². The molecule has 27 heavy (non-hydrogen) atoms. The number of benzene rings is 1. The van der Waals surface area contributed by atoms with Crippen LogP contribution in [0.2, 0.25) is 0 Å². The molecule has 2 N–H and O–H groups in total. The van der Waals surface area contributed by atoms with Crippen LogP contribution in [-0.2, 0) is 14.8 Å². The number of anilines is 2. The van der Waals surface area contributed by atoms with Crippen LogP contribution in [0.15, 0.2) is 12.1 Å². The summed E-state index contributed by atoms with van der Waals surface area (Å²) in [7, 11) is -3.64. The van der Waals surface area contributed by atoms with Gasteiger partial charge in [0.25, 0.3) is 5.69 Å². The largest absolute Gasteiger partial charge is 0.488 e. The van der Waals surface area contributed by atoms with E-state index < -0.39 is 14.9 Å². The Morgan fingerprint density at radius 2 is 1.93 bits per heavy atom. The number of carbonyl (C=O) groups excluding carboxylic acids is 1. The molecule has 1 saturated carbocycles. The van der Waals surface area contributed by atoms with Gasteiger partial charge in [-0.25, -0.2) is 8.42 Å². The fourth-order valence-electron chi connectivity index (χ4n) is 3.00. The summed E-state index contributed by atoms with van der Waals surface area (Å²) in [6.45, 7) is 1.81. The average Bonchev–Trinajstić information content (AvgIpc) is 2.56. The second kappa shape index (κ2) is 9.03. The standard InChI is InChI=1S/C17H25N3O6S/c1-3-7-17(21)18-13-10-14(19-27(2,24)25)16(11-15(13)20(22)23)26-12-8-5-4-6-9-12/h10-12,19H,3-9H2,1-2H3,(H,18,21). The van der Waals surface area contributed by atoms with Crippen LogP contribution in [0.1, 0.15) is 51.9 Å². The lowest BCUT2D eigenvalue weighted by molar-refractivity contribution is -0.384. The van der Waals surface area contributed by atoms with Crippen molar-refractivity contribution in [1.29, 1.82) is 0 Å². The molecule has 0 atom stereocenters. The Hall–Kier alpha value is -2.36. The minimum atomic E-state index is -3.64. The van der Waals surface area contributed by atoms with Gasteiger partial charge >= 0.3 is 0 Å². The number of nitro groups is 1. The van der Waals surface area contributed by atoms with Gasteiger partial charge in [0.2, 0.25) is 15.9 Å². The lowest BCUT2D eigenvalue weighted by Gasteiger charge is -2.24. The van der Waals surface area contributed by atoms with Crippen LogP contribution in [-0.4, -0.2) is 31.6 Å². The summed E-state index contributed by atoms with van der Waals surface area (Å²) in [6.07, 6.45) is 6.34. The van der Waals surface area contributed by atoms with Gasteiger partial charge in [-0.05, 0) is 38.2 Å². The molecule has 1 fully saturated rings. The highest BCUT2D eigenvalue weighted by Gasteiger charge is 2.24. The topological polar surface area (TPSA) is 128 Å². The lowest BCUT2D eigenvalue weighted by Crippen LogP contribution is -2.21. The second-order valence-corrected chi connectivity index (χ2v) is 8.42. The minimum absolute atomic E-state index is 0.0689. The number of carbonyl (C=O) groups is 1. The van der Waals surface area contributed by atoms with E-state index in [1.807, 2.05) is 6.92 Å². The Balaban J connectivity index is 2.43. The summed E-state index contributed by atoms with van der Waals surface area (Å²) in [5.41, 5.74) is -0.342. The quantitative estimate of drug-likeness (QED) is 0.509. The fourth-order valence-corrected chi connectivity index (χ4v) is 3.56. The molecule has 9 nitrogen and oxygen atoms in total. The molecule has 0 bridgehead atoms. The van der Waals surface area contributed by atoms with Crippen LogP contribution in [0.4, 0.5) is 17.1 Å². The van der Waals surface area contributed by atoms with Crippen LogP contribution < -0.4 is 14.8 Å². The van der Waals surface area contributed by atoms with Crippen molar-refractivity contribution < 1.29 is 22.9 Å². The molecule has 0 aromatic heterocycles. The molecule has 1 amide bonds. The first-order valence-electron chi connectivity index (χ1n) is 8.96. The summed E-state index contributed by atoms with van der Waals surface area (Å²) >= 11 is 0. The molecule has 1 aromatic carbocycles. The van der Waals surface area contributed by atoms with Gasteiger partial charge in [0.15, 0.2) is 5.75 Å². The monoisotopic (exact) mass is 399 g/mol. The summed E-state index contributed by atoms with van der Waals surface area (Å²) in [4.78, 5) is 22.7. The SMILES string of the molecule is CCCC(=O)Nc1cc(NS(C)(=O)=O)c(OC2CCCCC2)cc1[N+](=O)[O-]. The van der Waals surface area contributed by atoms with E-state index in [0.29, 0.717) is 6.42 Å². The van der Waals surface area contributed by atoms with Gasteiger partial charge in [0.1, 0.15) is 5.69 Å². The molecule has 0 heterocycles. The van der Waals surface area contributed by atoms with Crippen molar-refractivity contribution in [3.05, 3.63) is 22.2 Å². The molecule has 1 aliphatic rings. The maximum Gasteiger partial charge on any atom is 0.296 e. The molecule has 0 unspecified atom stereocenters. The summed E-state index contributed by atoms with van der Waals surface area (Å²) in [5.74, 6) is -0.292. The summed E-state index contributed by atoms with van der Waals surface area (Å²) < 4.78 is 31.6. The molecular weight excluding hydrogens is 374 g/mol. The third-order valence-corrected chi connectivity index (χ3v) is 4.78. The number of nitrogens with one attached hydrogen (secondary N) is 2. The van der Waals surface area contributed by atoms with Gasteiger partial charge in [-0.3, -0.25) is 19.6 Å². The van der Waals surface area contributed by atoms with Gasteiger partial charge in [-0.15, -0.1) is 0 Å². The fraction of sp³-hybridized carbons (Fsp3) is 0.588. The van der Waals surface area contributed by atoms with E-state index in [-0.39, 0.29) is 41.2 Å². The van der Waals surface area contributed by atoms with Gasteiger partial charge in [0, 0.05) is 6.42 Å². The molecule has 150 valence electrons. The number of rotatable bonds is 8. The predicted molar refractivity (Wildman–Crippen MR) is 103 cm³/mol. The van der Waals surface area contributed by atoms with Crippen molar-refractivity contribution in [2.24, 2.45) is 0 Å². The molecule has 2 rings (SSSR count). The average molecular weight is 399 g/mol. The summed E-state index contributed by atoms with van der Waals surface area (Å²) in [5, 5.41) is 13.9. The molecule has 0 radical (unpaired) electrons. The maximum absolute atomic E-state index is 11.9. The van der Waals surface area contributed by atoms with Crippen LogP contribution in [0.3, 0.4) is 0 Å². The van der Waals surface area contributed by atoms with Crippen molar-refractivity contribution in [2.45, 2.75) is 58.0 Å². The van der Waals surface area contributed by atoms with Gasteiger partial charge in [-0.1, -0.05) is 13.3 Å². The highest BCUT2D eigenvalue weighted by atomic mass is 32.2. The van der Waals surface area contributed by atoms with Crippen LogP contribution in [0.5, 0.6) is 5.75 Å². The number of sulfonamides is 1. The van der Waals surface area contributed by atoms with E-state index >= 15 is 0 Å². The zero-order valence-electron chi connectivity index (χ0n) is 15.5. The molecule has 0 spiro atoms. The number of nitro benzene ring substituents is 1. The van der Waals surface area contributed by atoms with E-state index in [1.54, 1.807) is 0 Å². The Labute approximate surface area is 158 Å². The number of hydrogen-bond donors (Lipinski definition) is 2. The van der Waals surface area contributed by atoms with E-state index in [9.17, 15) is 23.3 Å². The van der Waals surface area contributed by atoms with Crippen molar-refractivity contribution >= 4 is 33.0 Å². The summed E-state index contributed by atoms with van der Waals surface area (Å²) in [6, 6.07) is 2.41. The zero-order valence-corrected chi connectivity index (χ0v) is 16.3. The number of ether oxygens (including phenoxy) is 1. The number of hydrogen-bond acceptors (Lipinski definition) is 6. The highest BCUT2D eigenvalue weighted by Crippen LogP contribution is 2.38. The molecule has 0 aliphatic heterocycles. The smallest absolute Gasteiger partial charge is 0.296 e. The van der Waals surface area contributed by atoms with Gasteiger partial charge < -0.3 is 10.1 Å². The van der Waals surface area contributed by atoms with E-state index in [1.165, 1.54) is 12.1 Å². The number of amides is 1. The van der Waals surface area contributed by atoms with Crippen molar-refractivity contribution in [3.8, 4) is 5.75 Å². The van der Waals surface area contributed by atoms with Crippen molar-refractivity contribution in [1.82, 2.24) is 0 Å². The Bertz CT molecular complexity index is 803. The first-order valence-corrected chi connectivity index (χ1v) is 10.9. The molecule has 1 aliphatic carbocycles. The predicted octanol–water partition coefficient (Wildman–Crippen LogP) is 3.42. The molecular formula is C17H25N3O6S. The van der Waals surface area contributed by atoms with Crippen LogP contribution in [0, 0.1) is 10.1 Å². The first-order chi connectivity index (χ1) is 12.7. The van der Waals surface area contributed by atoms with Crippen molar-refractivity contribution in [2.75, 3.05) is 16.3 Å². The lowest BCUT2D eigenvalue weighted by atomic mass is 9.98. The van der Waals surface area contributed by atoms with E-state index in [0.717, 1.165) is 38.4 Å². The Morgan fingerprint density at radius 3 is 2.48 bits per heavy atom. The van der Waals surface area contributed by atoms with Gasteiger partial charge in [-0.2, -0.15) is 0 Å². The normalized spacial score (nSPS) is 15.2. The maximum atomic E-state index is 11.9. The first kappa shape index (κ1) is 20.9. The third kappa shape index (κ3) is 6.38.